The molecule has 6 heteroatoms. The maximum atomic E-state index is 12.8. The number of carbonyl (C=O) groups excluding carboxylic acids is 2. The normalized spacial score (nSPS) is 10.9. The zero-order valence-electron chi connectivity index (χ0n) is 15.0. The molecular weight excluding hydrogens is 348 g/mol. The van der Waals surface area contributed by atoms with Crippen LogP contribution in [0.25, 0.3) is 10.9 Å². The molecule has 0 amide bonds. The van der Waals surface area contributed by atoms with Gasteiger partial charge in [-0.25, -0.2) is 4.79 Å². The number of ketones is 1. The van der Waals surface area contributed by atoms with Crippen LogP contribution in [0.1, 0.15) is 39.0 Å². The number of carbonyl (C=O) groups is 2. The van der Waals surface area contributed by atoms with E-state index in [1.54, 1.807) is 27.0 Å². The number of hydrogen-bond donors (Lipinski definition) is 1. The maximum absolute atomic E-state index is 12.8. The van der Waals surface area contributed by atoms with Crippen molar-refractivity contribution in [3.05, 3.63) is 59.0 Å². The number of nitrogens with one attached hydrogen (secondary N) is 1. The van der Waals surface area contributed by atoms with Gasteiger partial charge in [0, 0.05) is 27.7 Å². The summed E-state index contributed by atoms with van der Waals surface area (Å²) in [6, 6.07) is 9.82. The molecule has 3 aromatic rings. The molecule has 2 heterocycles. The van der Waals surface area contributed by atoms with E-state index in [-0.39, 0.29) is 11.5 Å². The molecule has 0 atom stereocenters. The molecule has 1 aromatic carbocycles. The zero-order chi connectivity index (χ0) is 18.7. The van der Waals surface area contributed by atoms with E-state index in [1.165, 1.54) is 11.8 Å². The van der Waals surface area contributed by atoms with Crippen LogP contribution in [0.2, 0.25) is 0 Å². The molecule has 0 unspecified atom stereocenters. The SMILES string of the molecule is CCOC(=O)c1[nH]c(C)c(C(=O)CSc2cccc3cccnc23)c1C. The second-order valence-corrected chi connectivity index (χ2v) is 6.91. The first-order chi connectivity index (χ1) is 12.5. The van der Waals surface area contributed by atoms with E-state index in [2.05, 4.69) is 9.97 Å². The highest BCUT2D eigenvalue weighted by molar-refractivity contribution is 8.00. The molecular formula is C20H20N2O3S. The monoisotopic (exact) mass is 368 g/mol. The zero-order valence-corrected chi connectivity index (χ0v) is 15.8. The summed E-state index contributed by atoms with van der Waals surface area (Å²) in [5, 5.41) is 1.04. The third-order valence-electron chi connectivity index (χ3n) is 4.15. The second-order valence-electron chi connectivity index (χ2n) is 5.89. The number of aryl methyl sites for hydroxylation is 1. The molecule has 0 aliphatic heterocycles. The van der Waals surface area contributed by atoms with Gasteiger partial charge in [-0.05, 0) is 38.5 Å². The number of nitrogens with zero attached hydrogens (tertiary/aromatic N) is 1. The molecule has 26 heavy (non-hydrogen) atoms. The number of ether oxygens (including phenoxy) is 1. The molecule has 0 saturated heterocycles. The van der Waals surface area contributed by atoms with Gasteiger partial charge in [0.25, 0.3) is 0 Å². The fourth-order valence-corrected chi connectivity index (χ4v) is 3.90. The molecule has 0 saturated carbocycles. The first-order valence-corrected chi connectivity index (χ1v) is 9.37. The highest BCUT2D eigenvalue weighted by atomic mass is 32.2. The fraction of sp³-hybridized carbons (Fsp3) is 0.250. The van der Waals surface area contributed by atoms with Crippen molar-refractivity contribution < 1.29 is 14.3 Å². The Bertz CT molecular complexity index is 973. The minimum Gasteiger partial charge on any atom is -0.461 e. The number of thioether (sulfide) groups is 1. The topological polar surface area (TPSA) is 72.1 Å². The Morgan fingerprint density at radius 1 is 1.19 bits per heavy atom. The van der Waals surface area contributed by atoms with Crippen LogP contribution in [-0.4, -0.2) is 34.1 Å². The minimum absolute atomic E-state index is 0.0234. The van der Waals surface area contributed by atoms with Crippen molar-refractivity contribution in [1.82, 2.24) is 9.97 Å². The van der Waals surface area contributed by atoms with Crippen LogP contribution < -0.4 is 0 Å². The van der Waals surface area contributed by atoms with Gasteiger partial charge in [-0.3, -0.25) is 9.78 Å². The molecule has 0 fully saturated rings. The summed E-state index contributed by atoms with van der Waals surface area (Å²) < 4.78 is 5.04. The van der Waals surface area contributed by atoms with E-state index in [0.717, 1.165) is 15.8 Å². The average Bonchev–Trinajstić information content (AvgIpc) is 2.94. The van der Waals surface area contributed by atoms with Gasteiger partial charge in [0.2, 0.25) is 0 Å². The average molecular weight is 368 g/mol. The third-order valence-corrected chi connectivity index (χ3v) is 5.20. The molecule has 134 valence electrons. The van der Waals surface area contributed by atoms with Gasteiger partial charge in [-0.2, -0.15) is 0 Å². The molecule has 3 rings (SSSR count). The van der Waals surface area contributed by atoms with Crippen LogP contribution >= 0.6 is 11.8 Å². The number of Topliss-reactive ketones (excluding diaryl/α,β-unsaturated/α-hetero) is 1. The predicted octanol–water partition coefficient (Wildman–Crippen LogP) is 4.33. The minimum atomic E-state index is -0.432. The van der Waals surface area contributed by atoms with E-state index < -0.39 is 5.97 Å². The number of esters is 1. The Balaban J connectivity index is 1.81. The van der Waals surface area contributed by atoms with Crippen molar-refractivity contribution in [2.45, 2.75) is 25.7 Å². The van der Waals surface area contributed by atoms with E-state index in [9.17, 15) is 9.59 Å². The molecule has 0 bridgehead atoms. The number of para-hydroxylation sites is 1. The molecule has 2 aromatic heterocycles. The van der Waals surface area contributed by atoms with Crippen LogP contribution in [0.15, 0.2) is 41.4 Å². The second kappa shape index (κ2) is 7.74. The standard InChI is InChI=1S/C20H20N2O3S/c1-4-25-20(24)18-12(2)17(13(3)22-18)15(23)11-26-16-9-5-7-14-8-6-10-21-19(14)16/h5-10,22H,4,11H2,1-3H3. The lowest BCUT2D eigenvalue weighted by Crippen LogP contribution is -2.08. The maximum Gasteiger partial charge on any atom is 0.355 e. The van der Waals surface area contributed by atoms with Crippen LogP contribution in [-0.2, 0) is 4.74 Å². The summed E-state index contributed by atoms with van der Waals surface area (Å²) >= 11 is 1.46. The van der Waals surface area contributed by atoms with Crippen molar-refractivity contribution >= 4 is 34.4 Å². The Kier molecular flexibility index (Phi) is 5.42. The van der Waals surface area contributed by atoms with Gasteiger partial charge in [0.1, 0.15) is 5.69 Å². The largest absolute Gasteiger partial charge is 0.461 e. The van der Waals surface area contributed by atoms with Crippen LogP contribution in [0.5, 0.6) is 0 Å². The van der Waals surface area contributed by atoms with Gasteiger partial charge < -0.3 is 9.72 Å². The highest BCUT2D eigenvalue weighted by Gasteiger charge is 2.22. The molecule has 5 nitrogen and oxygen atoms in total. The van der Waals surface area contributed by atoms with E-state index in [0.29, 0.717) is 29.1 Å². The van der Waals surface area contributed by atoms with Gasteiger partial charge in [0.05, 0.1) is 17.9 Å². The van der Waals surface area contributed by atoms with Crippen molar-refractivity contribution in [2.75, 3.05) is 12.4 Å². The summed E-state index contributed by atoms with van der Waals surface area (Å²) in [7, 11) is 0. The molecule has 0 radical (unpaired) electrons. The number of rotatable bonds is 6. The summed E-state index contributed by atoms with van der Waals surface area (Å²) in [4.78, 5) is 33.1. The van der Waals surface area contributed by atoms with Gasteiger partial charge in [0.15, 0.2) is 5.78 Å². The lowest BCUT2D eigenvalue weighted by molar-refractivity contribution is 0.0519. The smallest absolute Gasteiger partial charge is 0.355 e. The summed E-state index contributed by atoms with van der Waals surface area (Å²) in [5.41, 5.74) is 3.13. The summed E-state index contributed by atoms with van der Waals surface area (Å²) in [5.74, 6) is -0.180. The van der Waals surface area contributed by atoms with E-state index in [1.807, 2.05) is 30.3 Å². The van der Waals surface area contributed by atoms with Crippen LogP contribution in [0.4, 0.5) is 0 Å². The first kappa shape index (κ1) is 18.2. The number of aromatic nitrogens is 2. The quantitative estimate of drug-likeness (QED) is 0.398. The van der Waals surface area contributed by atoms with E-state index in [4.69, 9.17) is 4.74 Å². The predicted molar refractivity (Wildman–Crippen MR) is 103 cm³/mol. The fourth-order valence-electron chi connectivity index (χ4n) is 2.98. The van der Waals surface area contributed by atoms with Crippen molar-refractivity contribution in [2.24, 2.45) is 0 Å². The summed E-state index contributed by atoms with van der Waals surface area (Å²) in [6.07, 6.45) is 1.75. The molecule has 1 N–H and O–H groups in total. The first-order valence-electron chi connectivity index (χ1n) is 8.39. The molecule has 0 spiro atoms. The Morgan fingerprint density at radius 3 is 2.73 bits per heavy atom. The lowest BCUT2D eigenvalue weighted by Gasteiger charge is -2.06. The van der Waals surface area contributed by atoms with Crippen LogP contribution in [0, 0.1) is 13.8 Å². The van der Waals surface area contributed by atoms with Crippen molar-refractivity contribution in [3.63, 3.8) is 0 Å². The van der Waals surface area contributed by atoms with Gasteiger partial charge in [-0.1, -0.05) is 18.2 Å². The van der Waals surface area contributed by atoms with Gasteiger partial charge in [-0.15, -0.1) is 11.8 Å². The third kappa shape index (κ3) is 3.51. The highest BCUT2D eigenvalue weighted by Crippen LogP contribution is 2.28. The Labute approximate surface area is 156 Å². The lowest BCUT2D eigenvalue weighted by atomic mass is 10.1. The van der Waals surface area contributed by atoms with Crippen molar-refractivity contribution in [3.8, 4) is 0 Å². The summed E-state index contributed by atoms with van der Waals surface area (Å²) in [6.45, 7) is 5.62. The van der Waals surface area contributed by atoms with E-state index >= 15 is 0 Å². The number of fused-ring (bicyclic) bond motifs is 1. The number of hydrogen-bond acceptors (Lipinski definition) is 5. The van der Waals surface area contributed by atoms with Gasteiger partial charge >= 0.3 is 5.97 Å². The number of H-pyrrole nitrogens is 1. The number of pyridine rings is 1. The van der Waals surface area contributed by atoms with Crippen molar-refractivity contribution in [1.29, 1.82) is 0 Å². The Hall–Kier alpha value is -2.60. The van der Waals surface area contributed by atoms with Crippen LogP contribution in [0.3, 0.4) is 0 Å². The Morgan fingerprint density at radius 2 is 1.96 bits per heavy atom. The number of aromatic amines is 1. The molecule has 0 aliphatic rings. The molecule has 0 aliphatic carbocycles. The number of benzene rings is 1.